The number of amides is 2. The van der Waals surface area contributed by atoms with Gasteiger partial charge in [-0.3, -0.25) is 9.59 Å². The van der Waals surface area contributed by atoms with Gasteiger partial charge in [-0.2, -0.15) is 0 Å². The summed E-state index contributed by atoms with van der Waals surface area (Å²) in [4.78, 5) is 38.0. The molecule has 1 unspecified atom stereocenters. The van der Waals surface area contributed by atoms with E-state index in [4.69, 9.17) is 4.74 Å². The number of nitrogens with zero attached hydrogens (tertiary/aromatic N) is 1. The molecule has 0 aliphatic carbocycles. The zero-order chi connectivity index (χ0) is 19.2. The van der Waals surface area contributed by atoms with Crippen LogP contribution in [0.4, 0.5) is 5.69 Å². The van der Waals surface area contributed by atoms with E-state index in [2.05, 4.69) is 10.6 Å². The molecule has 7 nitrogen and oxygen atoms in total. The Labute approximate surface area is 148 Å². The first kappa shape index (κ1) is 20.6. The largest absolute Gasteiger partial charge is 0.465 e. The van der Waals surface area contributed by atoms with Crippen molar-refractivity contribution in [2.24, 2.45) is 5.41 Å². The van der Waals surface area contributed by atoms with E-state index in [1.165, 1.54) is 12.0 Å². The predicted molar refractivity (Wildman–Crippen MR) is 96.5 cm³/mol. The van der Waals surface area contributed by atoms with Gasteiger partial charge in [-0.15, -0.1) is 0 Å². The highest BCUT2D eigenvalue weighted by atomic mass is 16.5. The van der Waals surface area contributed by atoms with Crippen LogP contribution in [0.3, 0.4) is 0 Å². The van der Waals surface area contributed by atoms with Crippen LogP contribution in [-0.4, -0.2) is 51.6 Å². The number of ether oxygens (including phenoxy) is 1. The van der Waals surface area contributed by atoms with E-state index >= 15 is 0 Å². The average molecular weight is 349 g/mol. The van der Waals surface area contributed by atoms with E-state index in [-0.39, 0.29) is 18.4 Å². The standard InChI is InChI=1S/C18H27N3O4/c1-18(2,3)15(20-14(22)11-19-4)16(23)21(5)13-9-7-8-12(10-13)17(24)25-6/h7-10,15,19H,11H2,1-6H3,(H,20,22). The maximum Gasteiger partial charge on any atom is 0.337 e. The van der Waals surface area contributed by atoms with Gasteiger partial charge in [0.05, 0.1) is 19.2 Å². The molecule has 0 saturated carbocycles. The van der Waals surface area contributed by atoms with Crippen molar-refractivity contribution >= 4 is 23.5 Å². The van der Waals surface area contributed by atoms with E-state index in [1.807, 2.05) is 20.8 Å². The summed E-state index contributed by atoms with van der Waals surface area (Å²) in [6, 6.07) is 5.89. The summed E-state index contributed by atoms with van der Waals surface area (Å²) in [7, 11) is 4.58. The van der Waals surface area contributed by atoms with E-state index in [1.54, 1.807) is 38.4 Å². The molecular weight excluding hydrogens is 322 g/mol. The molecule has 0 bridgehead atoms. The maximum atomic E-state index is 13.0. The van der Waals surface area contributed by atoms with Crippen molar-refractivity contribution in [3.05, 3.63) is 29.8 Å². The van der Waals surface area contributed by atoms with E-state index < -0.39 is 17.4 Å². The van der Waals surface area contributed by atoms with Gasteiger partial charge in [0.1, 0.15) is 6.04 Å². The Hall–Kier alpha value is -2.41. The van der Waals surface area contributed by atoms with Gasteiger partial charge in [0, 0.05) is 12.7 Å². The Balaban J connectivity index is 3.08. The summed E-state index contributed by atoms with van der Waals surface area (Å²) >= 11 is 0. The molecule has 0 fully saturated rings. The maximum absolute atomic E-state index is 13.0. The molecule has 1 rings (SSSR count). The van der Waals surface area contributed by atoms with Crippen LogP contribution in [0.2, 0.25) is 0 Å². The van der Waals surface area contributed by atoms with E-state index in [0.717, 1.165) is 0 Å². The molecule has 0 saturated heterocycles. The average Bonchev–Trinajstić information content (AvgIpc) is 2.57. The van der Waals surface area contributed by atoms with Crippen LogP contribution in [-0.2, 0) is 14.3 Å². The van der Waals surface area contributed by atoms with Crippen LogP contribution in [0.5, 0.6) is 0 Å². The quantitative estimate of drug-likeness (QED) is 0.753. The monoisotopic (exact) mass is 349 g/mol. The van der Waals surface area contributed by atoms with Crippen LogP contribution in [0, 0.1) is 5.41 Å². The third-order valence-corrected chi connectivity index (χ3v) is 3.74. The summed E-state index contributed by atoms with van der Waals surface area (Å²) in [5.41, 5.74) is 0.422. The normalized spacial score (nSPS) is 12.2. The van der Waals surface area contributed by atoms with Crippen LogP contribution in [0.25, 0.3) is 0 Å². The lowest BCUT2D eigenvalue weighted by molar-refractivity contribution is -0.129. The lowest BCUT2D eigenvalue weighted by Gasteiger charge is -2.33. The third kappa shape index (κ3) is 5.56. The molecule has 0 aliphatic rings. The molecule has 0 aliphatic heterocycles. The number of hydrogen-bond donors (Lipinski definition) is 2. The van der Waals surface area contributed by atoms with E-state index in [9.17, 15) is 14.4 Å². The van der Waals surface area contributed by atoms with Crippen molar-refractivity contribution in [2.45, 2.75) is 26.8 Å². The minimum absolute atomic E-state index is 0.126. The fourth-order valence-electron chi connectivity index (χ4n) is 2.30. The number of methoxy groups -OCH3 is 1. The number of esters is 1. The molecule has 0 heterocycles. The van der Waals surface area contributed by atoms with Crippen molar-refractivity contribution in [2.75, 3.05) is 32.6 Å². The molecule has 138 valence electrons. The third-order valence-electron chi connectivity index (χ3n) is 3.74. The zero-order valence-corrected chi connectivity index (χ0v) is 15.7. The Kier molecular flexibility index (Phi) is 7.11. The Morgan fingerprint density at radius 3 is 2.40 bits per heavy atom. The van der Waals surface area contributed by atoms with Gasteiger partial charge in [0.25, 0.3) is 0 Å². The van der Waals surface area contributed by atoms with Gasteiger partial charge in [-0.05, 0) is 30.7 Å². The van der Waals surface area contributed by atoms with Gasteiger partial charge in [0.15, 0.2) is 0 Å². The van der Waals surface area contributed by atoms with Gasteiger partial charge >= 0.3 is 5.97 Å². The van der Waals surface area contributed by atoms with Crippen molar-refractivity contribution in [3.8, 4) is 0 Å². The summed E-state index contributed by atoms with van der Waals surface area (Å²) in [5.74, 6) is -0.996. The molecule has 2 N–H and O–H groups in total. The molecule has 2 amide bonds. The fourth-order valence-corrected chi connectivity index (χ4v) is 2.30. The second-order valence-corrected chi connectivity index (χ2v) is 6.84. The molecular formula is C18H27N3O4. The molecule has 25 heavy (non-hydrogen) atoms. The summed E-state index contributed by atoms with van der Waals surface area (Å²) < 4.78 is 4.71. The van der Waals surface area contributed by atoms with Crippen molar-refractivity contribution < 1.29 is 19.1 Å². The number of carbonyl (C=O) groups is 3. The van der Waals surface area contributed by atoms with Crippen LogP contribution < -0.4 is 15.5 Å². The lowest BCUT2D eigenvalue weighted by Crippen LogP contribution is -2.55. The minimum atomic E-state index is -0.708. The van der Waals surface area contributed by atoms with Crippen LogP contribution in [0.15, 0.2) is 24.3 Å². The summed E-state index contributed by atoms with van der Waals surface area (Å²) in [5, 5.41) is 5.53. The van der Waals surface area contributed by atoms with Gasteiger partial charge in [-0.25, -0.2) is 4.79 Å². The smallest absolute Gasteiger partial charge is 0.337 e. The van der Waals surface area contributed by atoms with Crippen molar-refractivity contribution in [3.63, 3.8) is 0 Å². The molecule has 0 spiro atoms. The fraction of sp³-hybridized carbons (Fsp3) is 0.500. The second kappa shape index (κ2) is 8.62. The highest BCUT2D eigenvalue weighted by Crippen LogP contribution is 2.24. The van der Waals surface area contributed by atoms with Crippen LogP contribution >= 0.6 is 0 Å². The number of nitrogens with one attached hydrogen (secondary N) is 2. The van der Waals surface area contributed by atoms with E-state index in [0.29, 0.717) is 11.3 Å². The van der Waals surface area contributed by atoms with Crippen molar-refractivity contribution in [1.82, 2.24) is 10.6 Å². The van der Waals surface area contributed by atoms with Gasteiger partial charge in [0.2, 0.25) is 11.8 Å². The molecule has 0 aromatic heterocycles. The highest BCUT2D eigenvalue weighted by molar-refractivity contribution is 6.00. The predicted octanol–water partition coefficient (Wildman–Crippen LogP) is 1.19. The molecule has 1 atom stereocenters. The minimum Gasteiger partial charge on any atom is -0.465 e. The Morgan fingerprint density at radius 1 is 1.24 bits per heavy atom. The first-order chi connectivity index (χ1) is 11.6. The topological polar surface area (TPSA) is 87.7 Å². The van der Waals surface area contributed by atoms with Gasteiger partial charge < -0.3 is 20.3 Å². The Bertz CT molecular complexity index is 637. The summed E-state index contributed by atoms with van der Waals surface area (Å²) in [6.07, 6.45) is 0. The number of hydrogen-bond acceptors (Lipinski definition) is 5. The number of likely N-dealkylation sites (N-methyl/N-ethyl adjacent to an activating group) is 2. The number of rotatable bonds is 6. The number of carbonyl (C=O) groups excluding carboxylic acids is 3. The number of benzene rings is 1. The number of anilines is 1. The van der Waals surface area contributed by atoms with Crippen LogP contribution in [0.1, 0.15) is 31.1 Å². The summed E-state index contributed by atoms with van der Waals surface area (Å²) in [6.45, 7) is 5.77. The lowest BCUT2D eigenvalue weighted by atomic mass is 9.85. The zero-order valence-electron chi connectivity index (χ0n) is 15.7. The van der Waals surface area contributed by atoms with Crippen molar-refractivity contribution in [1.29, 1.82) is 0 Å². The second-order valence-electron chi connectivity index (χ2n) is 6.84. The molecule has 1 aromatic carbocycles. The first-order valence-electron chi connectivity index (χ1n) is 8.01. The molecule has 7 heteroatoms. The SMILES string of the molecule is CNCC(=O)NC(C(=O)N(C)c1cccc(C(=O)OC)c1)C(C)(C)C. The first-order valence-corrected chi connectivity index (χ1v) is 8.01. The highest BCUT2D eigenvalue weighted by Gasteiger charge is 2.35. The van der Waals surface area contributed by atoms with Gasteiger partial charge in [-0.1, -0.05) is 26.8 Å². The molecule has 0 radical (unpaired) electrons. The Morgan fingerprint density at radius 2 is 1.88 bits per heavy atom. The molecule has 1 aromatic rings.